The van der Waals surface area contributed by atoms with Gasteiger partial charge in [0.2, 0.25) is 0 Å². The molecule has 0 unspecified atom stereocenters. The SMILES string of the molecule is O=C(COc1ccc(Cl)cc1)Nc1cccc2[nH]ccc12. The fraction of sp³-hybridized carbons (Fsp3) is 0.0625. The second kappa shape index (κ2) is 5.89. The second-order valence-corrected chi connectivity index (χ2v) is 4.97. The van der Waals surface area contributed by atoms with Crippen molar-refractivity contribution in [2.75, 3.05) is 11.9 Å². The first-order valence-electron chi connectivity index (χ1n) is 6.47. The Labute approximate surface area is 126 Å². The van der Waals surface area contributed by atoms with E-state index in [1.165, 1.54) is 0 Å². The van der Waals surface area contributed by atoms with E-state index < -0.39 is 0 Å². The lowest BCUT2D eigenvalue weighted by atomic mass is 10.2. The Kier molecular flexibility index (Phi) is 3.79. The van der Waals surface area contributed by atoms with Gasteiger partial charge in [-0.15, -0.1) is 0 Å². The summed E-state index contributed by atoms with van der Waals surface area (Å²) in [6.45, 7) is -0.0531. The molecule has 21 heavy (non-hydrogen) atoms. The molecule has 4 nitrogen and oxygen atoms in total. The summed E-state index contributed by atoms with van der Waals surface area (Å²) in [6.07, 6.45) is 1.84. The topological polar surface area (TPSA) is 54.1 Å². The third kappa shape index (κ3) is 3.17. The van der Waals surface area contributed by atoms with E-state index in [9.17, 15) is 4.79 Å². The number of hydrogen-bond donors (Lipinski definition) is 2. The molecule has 106 valence electrons. The normalized spacial score (nSPS) is 10.5. The number of amides is 1. The molecule has 2 aromatic carbocycles. The number of benzene rings is 2. The molecule has 0 fully saturated rings. The molecule has 0 atom stereocenters. The summed E-state index contributed by atoms with van der Waals surface area (Å²) in [5.74, 6) is 0.396. The Balaban J connectivity index is 1.64. The maximum Gasteiger partial charge on any atom is 0.262 e. The highest BCUT2D eigenvalue weighted by molar-refractivity contribution is 6.30. The van der Waals surface area contributed by atoms with Crippen LogP contribution in [0.15, 0.2) is 54.7 Å². The zero-order valence-electron chi connectivity index (χ0n) is 11.1. The molecule has 1 aromatic heterocycles. The van der Waals surface area contributed by atoms with Crippen molar-refractivity contribution in [2.24, 2.45) is 0 Å². The number of anilines is 1. The molecule has 0 saturated carbocycles. The van der Waals surface area contributed by atoms with Gasteiger partial charge in [0.25, 0.3) is 5.91 Å². The van der Waals surface area contributed by atoms with Crippen LogP contribution in [-0.4, -0.2) is 17.5 Å². The number of carbonyl (C=O) groups excluding carboxylic acids is 1. The van der Waals surface area contributed by atoms with Gasteiger partial charge in [0, 0.05) is 22.1 Å². The molecule has 0 radical (unpaired) electrons. The molecule has 0 bridgehead atoms. The van der Waals surface area contributed by atoms with Gasteiger partial charge >= 0.3 is 0 Å². The van der Waals surface area contributed by atoms with Crippen LogP contribution in [0.2, 0.25) is 5.02 Å². The molecule has 2 N–H and O–H groups in total. The van der Waals surface area contributed by atoms with Crippen LogP contribution in [0, 0.1) is 0 Å². The molecule has 0 aliphatic carbocycles. The highest BCUT2D eigenvalue weighted by Crippen LogP contribution is 2.22. The molecule has 1 amide bonds. The molecule has 5 heteroatoms. The Morgan fingerprint density at radius 2 is 1.95 bits per heavy atom. The second-order valence-electron chi connectivity index (χ2n) is 4.54. The lowest BCUT2D eigenvalue weighted by molar-refractivity contribution is -0.118. The van der Waals surface area contributed by atoms with E-state index in [4.69, 9.17) is 16.3 Å². The Morgan fingerprint density at radius 1 is 1.14 bits per heavy atom. The van der Waals surface area contributed by atoms with Crippen molar-refractivity contribution in [1.29, 1.82) is 0 Å². The van der Waals surface area contributed by atoms with Gasteiger partial charge in [-0.2, -0.15) is 0 Å². The number of rotatable bonds is 4. The third-order valence-electron chi connectivity index (χ3n) is 3.05. The van der Waals surface area contributed by atoms with Crippen LogP contribution in [0.1, 0.15) is 0 Å². The van der Waals surface area contributed by atoms with E-state index in [0.29, 0.717) is 10.8 Å². The summed E-state index contributed by atoms with van der Waals surface area (Å²) >= 11 is 5.79. The minimum absolute atomic E-state index is 0.0531. The van der Waals surface area contributed by atoms with Crippen molar-refractivity contribution in [2.45, 2.75) is 0 Å². The fourth-order valence-electron chi connectivity index (χ4n) is 2.06. The van der Waals surface area contributed by atoms with Crippen molar-refractivity contribution in [3.63, 3.8) is 0 Å². The van der Waals surface area contributed by atoms with Gasteiger partial charge in [-0.25, -0.2) is 0 Å². The van der Waals surface area contributed by atoms with Crippen LogP contribution in [0.5, 0.6) is 5.75 Å². The predicted molar refractivity (Wildman–Crippen MR) is 83.9 cm³/mol. The van der Waals surface area contributed by atoms with E-state index in [-0.39, 0.29) is 12.5 Å². The average Bonchev–Trinajstić information content (AvgIpc) is 2.96. The third-order valence-corrected chi connectivity index (χ3v) is 3.30. The van der Waals surface area contributed by atoms with E-state index >= 15 is 0 Å². The van der Waals surface area contributed by atoms with E-state index in [1.54, 1.807) is 24.3 Å². The van der Waals surface area contributed by atoms with Crippen LogP contribution in [0.4, 0.5) is 5.69 Å². The molecule has 0 spiro atoms. The zero-order chi connectivity index (χ0) is 14.7. The minimum Gasteiger partial charge on any atom is -0.484 e. The van der Waals surface area contributed by atoms with Crippen LogP contribution >= 0.6 is 11.6 Å². The Morgan fingerprint density at radius 3 is 2.76 bits per heavy atom. The average molecular weight is 301 g/mol. The standard InChI is InChI=1S/C16H13ClN2O2/c17-11-4-6-12(7-5-11)21-10-16(20)19-15-3-1-2-14-13(15)8-9-18-14/h1-9,18H,10H2,(H,19,20). The summed E-state index contributed by atoms with van der Waals surface area (Å²) in [7, 11) is 0. The van der Waals surface area contributed by atoms with Crippen LogP contribution in [0.3, 0.4) is 0 Å². The quantitative estimate of drug-likeness (QED) is 0.769. The predicted octanol–water partition coefficient (Wildman–Crippen LogP) is 3.84. The number of aromatic amines is 1. The monoisotopic (exact) mass is 300 g/mol. The Bertz CT molecular complexity index is 765. The van der Waals surface area contributed by atoms with Crippen LogP contribution in [0.25, 0.3) is 10.9 Å². The molecule has 3 aromatic rings. The number of aromatic nitrogens is 1. The lowest BCUT2D eigenvalue weighted by Gasteiger charge is -2.08. The first-order valence-corrected chi connectivity index (χ1v) is 6.84. The van der Waals surface area contributed by atoms with Gasteiger partial charge in [0.05, 0.1) is 5.69 Å². The zero-order valence-corrected chi connectivity index (χ0v) is 11.9. The van der Waals surface area contributed by atoms with Crippen LogP contribution < -0.4 is 10.1 Å². The number of halogens is 1. The van der Waals surface area contributed by atoms with Gasteiger partial charge in [-0.1, -0.05) is 17.7 Å². The van der Waals surface area contributed by atoms with Crippen molar-refractivity contribution in [3.8, 4) is 5.75 Å². The summed E-state index contributed by atoms with van der Waals surface area (Å²) in [5.41, 5.74) is 1.74. The van der Waals surface area contributed by atoms with Gasteiger partial charge in [0.1, 0.15) is 5.75 Å². The summed E-state index contributed by atoms with van der Waals surface area (Å²) in [6, 6.07) is 14.5. The molecular formula is C16H13ClN2O2. The van der Waals surface area contributed by atoms with E-state index in [0.717, 1.165) is 16.6 Å². The van der Waals surface area contributed by atoms with Gasteiger partial charge in [-0.05, 0) is 42.5 Å². The van der Waals surface area contributed by atoms with E-state index in [1.807, 2.05) is 30.5 Å². The lowest BCUT2D eigenvalue weighted by Crippen LogP contribution is -2.20. The number of carbonyl (C=O) groups is 1. The first-order chi connectivity index (χ1) is 10.2. The van der Waals surface area contributed by atoms with Crippen LogP contribution in [-0.2, 0) is 4.79 Å². The van der Waals surface area contributed by atoms with Gasteiger partial charge < -0.3 is 15.0 Å². The first kappa shape index (κ1) is 13.5. The fourth-order valence-corrected chi connectivity index (χ4v) is 2.19. The molecule has 0 aliphatic rings. The number of hydrogen-bond acceptors (Lipinski definition) is 2. The highest BCUT2D eigenvalue weighted by Gasteiger charge is 2.07. The summed E-state index contributed by atoms with van der Waals surface area (Å²) < 4.78 is 5.41. The molecule has 0 aliphatic heterocycles. The summed E-state index contributed by atoms with van der Waals surface area (Å²) in [4.78, 5) is 15.0. The minimum atomic E-state index is -0.210. The van der Waals surface area contributed by atoms with Crippen molar-refractivity contribution < 1.29 is 9.53 Å². The Hall–Kier alpha value is -2.46. The van der Waals surface area contributed by atoms with E-state index in [2.05, 4.69) is 10.3 Å². The largest absolute Gasteiger partial charge is 0.484 e. The number of ether oxygens (including phenoxy) is 1. The highest BCUT2D eigenvalue weighted by atomic mass is 35.5. The maximum absolute atomic E-state index is 11.9. The molecule has 0 saturated heterocycles. The number of nitrogens with one attached hydrogen (secondary N) is 2. The number of fused-ring (bicyclic) bond motifs is 1. The molecule has 1 heterocycles. The van der Waals surface area contributed by atoms with Gasteiger partial charge in [0.15, 0.2) is 6.61 Å². The summed E-state index contributed by atoms with van der Waals surface area (Å²) in [5, 5.41) is 4.44. The maximum atomic E-state index is 11.9. The van der Waals surface area contributed by atoms with Crippen molar-refractivity contribution in [3.05, 3.63) is 59.8 Å². The molecule has 3 rings (SSSR count). The van der Waals surface area contributed by atoms with Gasteiger partial charge in [-0.3, -0.25) is 4.79 Å². The van der Waals surface area contributed by atoms with Crippen molar-refractivity contribution >= 4 is 34.1 Å². The molecular weight excluding hydrogens is 288 g/mol. The van der Waals surface area contributed by atoms with Crippen molar-refractivity contribution in [1.82, 2.24) is 4.98 Å². The number of H-pyrrole nitrogens is 1. The smallest absolute Gasteiger partial charge is 0.262 e.